The zero-order chi connectivity index (χ0) is 28.5. The maximum absolute atomic E-state index is 14.6. The fraction of sp³-hybridized carbons (Fsp3) is 0.320. The number of carbonyl (C=O) groups is 2. The molecule has 14 heteroatoms. The number of hydrogen-bond donors (Lipinski definition) is 2. The highest BCUT2D eigenvalue weighted by Crippen LogP contribution is 2.30. The zero-order valence-electron chi connectivity index (χ0n) is 21.3. The van der Waals surface area contributed by atoms with Gasteiger partial charge in [-0.3, -0.25) is 9.59 Å². The molecule has 1 fully saturated rings. The highest BCUT2D eigenvalue weighted by molar-refractivity contribution is 7.88. The second-order valence-electron chi connectivity index (χ2n) is 9.07. The van der Waals surface area contributed by atoms with Gasteiger partial charge in [-0.25, -0.2) is 22.5 Å². The first kappa shape index (κ1) is 28.5. The molecular weight excluding hydrogens is 556 g/mol. The quantitative estimate of drug-likeness (QED) is 0.441. The molecule has 0 saturated carbocycles. The number of rotatable bonds is 7. The van der Waals surface area contributed by atoms with Gasteiger partial charge in [0, 0.05) is 37.4 Å². The minimum Gasteiger partial charge on any atom is -0.494 e. The van der Waals surface area contributed by atoms with E-state index in [1.54, 1.807) is 4.90 Å². The SMILES string of the molecule is COc1ccc(-c2cnc(C(=O)Nc3ccc(C(=O)N4CCC(NS(C)(=O)=O)CC4)c(Cl)c3)n2C)c(F)c1F. The van der Waals surface area contributed by atoms with E-state index >= 15 is 0 Å². The molecule has 0 radical (unpaired) electrons. The van der Waals surface area contributed by atoms with Crippen LogP contribution in [0.3, 0.4) is 0 Å². The largest absolute Gasteiger partial charge is 0.494 e. The molecule has 1 aromatic heterocycles. The first-order valence-electron chi connectivity index (χ1n) is 11.8. The molecule has 1 saturated heterocycles. The lowest BCUT2D eigenvalue weighted by Gasteiger charge is -2.32. The molecule has 2 heterocycles. The van der Waals surface area contributed by atoms with Crippen LogP contribution in [-0.4, -0.2) is 67.2 Å². The number of benzene rings is 2. The van der Waals surface area contributed by atoms with Crippen molar-refractivity contribution in [1.29, 1.82) is 0 Å². The van der Waals surface area contributed by atoms with E-state index in [1.165, 1.54) is 55.3 Å². The summed E-state index contributed by atoms with van der Waals surface area (Å²) < 4.78 is 60.3. The van der Waals surface area contributed by atoms with E-state index in [-0.39, 0.29) is 45.4 Å². The summed E-state index contributed by atoms with van der Waals surface area (Å²) in [5.74, 6) is -3.54. The number of anilines is 1. The van der Waals surface area contributed by atoms with Crippen LogP contribution in [0.25, 0.3) is 11.3 Å². The first-order valence-corrected chi connectivity index (χ1v) is 14.1. The number of carbonyl (C=O) groups excluding carboxylic acids is 2. The highest BCUT2D eigenvalue weighted by Gasteiger charge is 2.27. The molecule has 2 N–H and O–H groups in total. The molecule has 39 heavy (non-hydrogen) atoms. The summed E-state index contributed by atoms with van der Waals surface area (Å²) in [6.45, 7) is 0.724. The minimum atomic E-state index is -3.33. The van der Waals surface area contributed by atoms with Crippen molar-refractivity contribution in [2.75, 3.05) is 31.8 Å². The van der Waals surface area contributed by atoms with Gasteiger partial charge in [0.05, 0.1) is 35.8 Å². The number of piperidine rings is 1. The van der Waals surface area contributed by atoms with Gasteiger partial charge in [-0.05, 0) is 43.2 Å². The van der Waals surface area contributed by atoms with E-state index in [2.05, 4.69) is 15.0 Å². The predicted octanol–water partition coefficient (Wildman–Crippen LogP) is 3.43. The lowest BCUT2D eigenvalue weighted by Crippen LogP contribution is -2.46. The van der Waals surface area contributed by atoms with Crippen LogP contribution in [0, 0.1) is 11.6 Å². The van der Waals surface area contributed by atoms with Crippen molar-refractivity contribution in [3.05, 3.63) is 64.6 Å². The van der Waals surface area contributed by atoms with Crippen molar-refractivity contribution < 1.29 is 31.5 Å². The summed E-state index contributed by atoms with van der Waals surface area (Å²) in [4.78, 5) is 31.5. The summed E-state index contributed by atoms with van der Waals surface area (Å²) in [6, 6.07) is 6.80. The van der Waals surface area contributed by atoms with Gasteiger partial charge in [0.1, 0.15) is 0 Å². The number of methoxy groups -OCH3 is 1. The third-order valence-electron chi connectivity index (χ3n) is 6.35. The van der Waals surface area contributed by atoms with Gasteiger partial charge in [0.15, 0.2) is 17.4 Å². The Morgan fingerprint density at radius 3 is 2.44 bits per heavy atom. The number of nitrogens with zero attached hydrogens (tertiary/aromatic N) is 3. The normalized spacial score (nSPS) is 14.4. The van der Waals surface area contributed by atoms with Crippen molar-refractivity contribution >= 4 is 39.1 Å². The van der Waals surface area contributed by atoms with Crippen LogP contribution in [-0.2, 0) is 17.1 Å². The second-order valence-corrected chi connectivity index (χ2v) is 11.3. The molecule has 0 bridgehead atoms. The maximum Gasteiger partial charge on any atom is 0.291 e. The van der Waals surface area contributed by atoms with Gasteiger partial charge >= 0.3 is 0 Å². The highest BCUT2D eigenvalue weighted by atomic mass is 35.5. The average molecular weight is 582 g/mol. The van der Waals surface area contributed by atoms with Crippen LogP contribution in [0.1, 0.15) is 33.8 Å². The van der Waals surface area contributed by atoms with Gasteiger partial charge in [0.2, 0.25) is 15.8 Å². The monoisotopic (exact) mass is 581 g/mol. The Labute approximate surface area is 229 Å². The third-order valence-corrected chi connectivity index (χ3v) is 7.43. The topological polar surface area (TPSA) is 123 Å². The fourth-order valence-electron chi connectivity index (χ4n) is 4.38. The molecule has 0 aliphatic carbocycles. The van der Waals surface area contributed by atoms with Gasteiger partial charge < -0.3 is 19.5 Å². The summed E-state index contributed by atoms with van der Waals surface area (Å²) >= 11 is 6.36. The fourth-order valence-corrected chi connectivity index (χ4v) is 5.49. The molecule has 10 nitrogen and oxygen atoms in total. The lowest BCUT2D eigenvalue weighted by atomic mass is 10.0. The van der Waals surface area contributed by atoms with Crippen LogP contribution >= 0.6 is 11.6 Å². The van der Waals surface area contributed by atoms with Crippen LogP contribution in [0.4, 0.5) is 14.5 Å². The summed E-state index contributed by atoms with van der Waals surface area (Å²) in [7, 11) is -0.615. The summed E-state index contributed by atoms with van der Waals surface area (Å²) in [6.07, 6.45) is 3.30. The molecular formula is C25H26ClF2N5O5S. The predicted molar refractivity (Wildman–Crippen MR) is 141 cm³/mol. The standard InChI is InChI=1S/C25H26ClF2N5O5S/c1-32-19(17-6-7-20(38-2)22(28)21(17)27)13-29-23(32)24(34)30-15-4-5-16(18(26)12-15)25(35)33-10-8-14(9-11-33)31-39(3,36)37/h4-7,12-14,31H,8-11H2,1-3H3,(H,30,34). The Kier molecular flexibility index (Phi) is 8.23. The number of sulfonamides is 1. The molecule has 3 aromatic rings. The van der Waals surface area contributed by atoms with E-state index in [9.17, 15) is 26.8 Å². The van der Waals surface area contributed by atoms with Gasteiger partial charge in [-0.15, -0.1) is 0 Å². The van der Waals surface area contributed by atoms with Crippen LogP contribution in [0.5, 0.6) is 5.75 Å². The molecule has 208 valence electrons. The molecule has 2 amide bonds. The molecule has 2 aromatic carbocycles. The van der Waals surface area contributed by atoms with Crippen molar-refractivity contribution in [2.24, 2.45) is 7.05 Å². The summed E-state index contributed by atoms with van der Waals surface area (Å²) in [5.41, 5.74) is 0.613. The van der Waals surface area contributed by atoms with Crippen molar-refractivity contribution in [1.82, 2.24) is 19.2 Å². The number of aromatic nitrogens is 2. The average Bonchev–Trinajstić information content (AvgIpc) is 3.26. The Morgan fingerprint density at radius 1 is 1.13 bits per heavy atom. The maximum atomic E-state index is 14.6. The van der Waals surface area contributed by atoms with Gasteiger partial charge in [0.25, 0.3) is 11.8 Å². The number of likely N-dealkylation sites (tertiary alicyclic amines) is 1. The number of nitrogens with one attached hydrogen (secondary N) is 2. The van der Waals surface area contributed by atoms with Crippen molar-refractivity contribution in [3.8, 4) is 17.0 Å². The number of hydrogen-bond acceptors (Lipinski definition) is 6. The van der Waals surface area contributed by atoms with Crippen LogP contribution in [0.2, 0.25) is 5.02 Å². The van der Waals surface area contributed by atoms with E-state index in [0.717, 1.165) is 6.26 Å². The smallest absolute Gasteiger partial charge is 0.291 e. The number of imidazole rings is 1. The minimum absolute atomic E-state index is 0.0672. The van der Waals surface area contributed by atoms with Gasteiger partial charge in [-0.2, -0.15) is 4.39 Å². The Bertz CT molecular complexity index is 1540. The molecule has 1 aliphatic rings. The lowest BCUT2D eigenvalue weighted by molar-refractivity contribution is 0.0711. The molecule has 4 rings (SSSR count). The molecule has 0 unspecified atom stereocenters. The third kappa shape index (κ3) is 6.21. The summed E-state index contributed by atoms with van der Waals surface area (Å²) in [5, 5.41) is 2.75. The number of ether oxygens (including phenoxy) is 1. The van der Waals surface area contributed by atoms with E-state index in [0.29, 0.717) is 31.6 Å². The van der Waals surface area contributed by atoms with E-state index < -0.39 is 27.6 Å². The molecule has 0 atom stereocenters. The number of amides is 2. The molecule has 1 aliphatic heterocycles. The van der Waals surface area contributed by atoms with Crippen molar-refractivity contribution in [2.45, 2.75) is 18.9 Å². The van der Waals surface area contributed by atoms with Crippen LogP contribution in [0.15, 0.2) is 36.5 Å². The Balaban J connectivity index is 1.45. The molecule has 0 spiro atoms. The van der Waals surface area contributed by atoms with Crippen molar-refractivity contribution in [3.63, 3.8) is 0 Å². The first-order chi connectivity index (χ1) is 18.4. The Hall–Kier alpha value is -3.55. The van der Waals surface area contributed by atoms with E-state index in [4.69, 9.17) is 16.3 Å². The Morgan fingerprint density at radius 2 is 1.82 bits per heavy atom. The van der Waals surface area contributed by atoms with E-state index in [1.807, 2.05) is 0 Å². The number of halogens is 3. The second kappa shape index (κ2) is 11.3. The zero-order valence-corrected chi connectivity index (χ0v) is 22.9. The van der Waals surface area contributed by atoms with Gasteiger partial charge in [-0.1, -0.05) is 11.6 Å². The van der Waals surface area contributed by atoms with Crippen LogP contribution < -0.4 is 14.8 Å².